The third-order valence-corrected chi connectivity index (χ3v) is 5.74. The zero-order valence-electron chi connectivity index (χ0n) is 14.4. The number of sulfonamides is 2. The summed E-state index contributed by atoms with van der Waals surface area (Å²) >= 11 is 0. The second-order valence-corrected chi connectivity index (χ2v) is 9.59. The van der Waals surface area contributed by atoms with Crippen LogP contribution in [0.1, 0.15) is 10.4 Å². The minimum absolute atomic E-state index is 0.0304. The van der Waals surface area contributed by atoms with Crippen molar-refractivity contribution in [2.45, 2.75) is 4.90 Å². The van der Waals surface area contributed by atoms with Gasteiger partial charge in [0.1, 0.15) is 0 Å². The Morgan fingerprint density at radius 1 is 0.962 bits per heavy atom. The van der Waals surface area contributed by atoms with Crippen LogP contribution >= 0.6 is 0 Å². The number of carbonyl (C=O) groups excluding carboxylic acids is 1. The molecule has 0 radical (unpaired) electrons. The SMILES string of the molecule is CN(C)S(=O)(=O)c1cccc(NC(=O)c2ccccc2NS(C)(=O)=O)c1. The van der Waals surface area contributed by atoms with E-state index in [2.05, 4.69) is 10.0 Å². The standard InChI is InChI=1S/C16H19N3O5S2/c1-19(2)26(23,24)13-8-6-7-12(11-13)17-16(20)14-9-4-5-10-15(14)18-25(3,21)22/h4-11,18H,1-3H3,(H,17,20). The number of nitrogens with one attached hydrogen (secondary N) is 2. The maximum atomic E-state index is 12.5. The molecule has 0 aliphatic rings. The monoisotopic (exact) mass is 397 g/mol. The zero-order valence-corrected chi connectivity index (χ0v) is 16.1. The summed E-state index contributed by atoms with van der Waals surface area (Å²) in [6.07, 6.45) is 0.983. The summed E-state index contributed by atoms with van der Waals surface area (Å²) in [5.41, 5.74) is 0.510. The third-order valence-electron chi connectivity index (χ3n) is 3.34. The van der Waals surface area contributed by atoms with E-state index < -0.39 is 26.0 Å². The normalized spacial score (nSPS) is 12.0. The van der Waals surface area contributed by atoms with Crippen LogP contribution in [0.4, 0.5) is 11.4 Å². The van der Waals surface area contributed by atoms with Crippen LogP contribution in [0.25, 0.3) is 0 Å². The second kappa shape index (κ2) is 7.44. The fourth-order valence-corrected chi connectivity index (χ4v) is 3.64. The van der Waals surface area contributed by atoms with Gasteiger partial charge in [0.05, 0.1) is 22.4 Å². The van der Waals surface area contributed by atoms with Crippen LogP contribution in [-0.2, 0) is 20.0 Å². The topological polar surface area (TPSA) is 113 Å². The molecule has 8 nitrogen and oxygen atoms in total. The molecule has 0 fully saturated rings. The van der Waals surface area contributed by atoms with Crippen molar-refractivity contribution in [3.63, 3.8) is 0 Å². The van der Waals surface area contributed by atoms with Crippen molar-refractivity contribution >= 4 is 37.3 Å². The first kappa shape index (κ1) is 19.9. The Morgan fingerprint density at radius 3 is 2.23 bits per heavy atom. The smallest absolute Gasteiger partial charge is 0.257 e. The van der Waals surface area contributed by atoms with Crippen LogP contribution in [0.2, 0.25) is 0 Å². The van der Waals surface area contributed by atoms with E-state index in [9.17, 15) is 21.6 Å². The summed E-state index contributed by atoms with van der Waals surface area (Å²) in [5.74, 6) is -0.573. The molecule has 0 atom stereocenters. The van der Waals surface area contributed by atoms with Gasteiger partial charge in [0.2, 0.25) is 20.0 Å². The summed E-state index contributed by atoms with van der Waals surface area (Å²) in [6, 6.07) is 11.9. The van der Waals surface area contributed by atoms with Gasteiger partial charge >= 0.3 is 0 Å². The van der Waals surface area contributed by atoms with Crippen LogP contribution in [0.5, 0.6) is 0 Å². The molecular formula is C16H19N3O5S2. The van der Waals surface area contributed by atoms with E-state index in [0.29, 0.717) is 0 Å². The molecule has 0 bridgehead atoms. The molecule has 0 unspecified atom stereocenters. The van der Waals surface area contributed by atoms with Crippen LogP contribution in [0, 0.1) is 0 Å². The van der Waals surface area contributed by atoms with Crippen molar-refractivity contribution in [1.29, 1.82) is 0 Å². The number of anilines is 2. The van der Waals surface area contributed by atoms with Gasteiger partial charge in [-0.3, -0.25) is 9.52 Å². The van der Waals surface area contributed by atoms with Crippen LogP contribution in [0.15, 0.2) is 53.4 Å². The Bertz CT molecular complexity index is 1030. The molecule has 0 saturated heterocycles. The quantitative estimate of drug-likeness (QED) is 0.768. The largest absolute Gasteiger partial charge is 0.322 e. The molecule has 26 heavy (non-hydrogen) atoms. The average Bonchev–Trinajstić information content (AvgIpc) is 2.54. The maximum absolute atomic E-state index is 12.5. The number of rotatable bonds is 6. The van der Waals surface area contributed by atoms with Crippen LogP contribution < -0.4 is 10.0 Å². The molecular weight excluding hydrogens is 378 g/mol. The van der Waals surface area contributed by atoms with Crippen LogP contribution in [0.3, 0.4) is 0 Å². The molecule has 0 aromatic heterocycles. The van der Waals surface area contributed by atoms with Crippen molar-refractivity contribution in [3.05, 3.63) is 54.1 Å². The fourth-order valence-electron chi connectivity index (χ4n) is 2.11. The van der Waals surface area contributed by atoms with Gasteiger partial charge in [-0.2, -0.15) is 0 Å². The minimum atomic E-state index is -3.64. The lowest BCUT2D eigenvalue weighted by molar-refractivity contribution is 0.102. The van der Waals surface area contributed by atoms with Gasteiger partial charge in [-0.05, 0) is 30.3 Å². The number of para-hydroxylation sites is 1. The highest BCUT2D eigenvalue weighted by molar-refractivity contribution is 7.92. The summed E-state index contributed by atoms with van der Waals surface area (Å²) in [5, 5.41) is 2.58. The van der Waals surface area contributed by atoms with Gasteiger partial charge in [0, 0.05) is 19.8 Å². The lowest BCUT2D eigenvalue weighted by atomic mass is 10.1. The predicted molar refractivity (Wildman–Crippen MR) is 100 cm³/mol. The van der Waals surface area contributed by atoms with Gasteiger partial charge in [0.15, 0.2) is 0 Å². The molecule has 2 rings (SSSR count). The maximum Gasteiger partial charge on any atom is 0.257 e. The van der Waals surface area contributed by atoms with Crippen molar-refractivity contribution in [2.75, 3.05) is 30.4 Å². The molecule has 2 N–H and O–H groups in total. The summed E-state index contributed by atoms with van der Waals surface area (Å²) < 4.78 is 50.6. The first-order valence-corrected chi connectivity index (χ1v) is 10.7. The lowest BCUT2D eigenvalue weighted by Crippen LogP contribution is -2.22. The van der Waals surface area contributed by atoms with E-state index in [1.165, 1.54) is 44.4 Å². The number of nitrogens with zero attached hydrogens (tertiary/aromatic N) is 1. The highest BCUT2D eigenvalue weighted by Crippen LogP contribution is 2.21. The average molecular weight is 397 g/mol. The Balaban J connectivity index is 2.32. The number of hydrogen-bond acceptors (Lipinski definition) is 5. The fraction of sp³-hybridized carbons (Fsp3) is 0.188. The van der Waals surface area contributed by atoms with Gasteiger partial charge in [-0.15, -0.1) is 0 Å². The molecule has 0 aliphatic carbocycles. The first-order chi connectivity index (χ1) is 12.0. The Kier molecular flexibility index (Phi) is 5.69. The molecule has 1 amide bonds. The summed E-state index contributed by atoms with van der Waals surface area (Å²) in [6.45, 7) is 0. The minimum Gasteiger partial charge on any atom is -0.322 e. The lowest BCUT2D eigenvalue weighted by Gasteiger charge is -2.14. The van der Waals surface area contributed by atoms with Crippen LogP contribution in [-0.4, -0.2) is 47.4 Å². The second-order valence-electron chi connectivity index (χ2n) is 5.69. The van der Waals surface area contributed by atoms with Crippen molar-refractivity contribution in [3.8, 4) is 0 Å². The van der Waals surface area contributed by atoms with E-state index in [1.54, 1.807) is 18.2 Å². The number of benzene rings is 2. The number of hydrogen-bond donors (Lipinski definition) is 2. The Labute approximate surface area is 152 Å². The van der Waals surface area contributed by atoms with Gasteiger partial charge < -0.3 is 5.32 Å². The highest BCUT2D eigenvalue weighted by Gasteiger charge is 2.18. The first-order valence-electron chi connectivity index (χ1n) is 7.41. The Morgan fingerprint density at radius 2 is 1.62 bits per heavy atom. The van der Waals surface area contributed by atoms with Crippen molar-refractivity contribution < 1.29 is 21.6 Å². The van der Waals surface area contributed by atoms with E-state index in [0.717, 1.165) is 10.6 Å². The molecule has 0 spiro atoms. The van der Waals surface area contributed by atoms with Gasteiger partial charge in [-0.25, -0.2) is 21.1 Å². The van der Waals surface area contributed by atoms with E-state index in [1.807, 2.05) is 0 Å². The highest BCUT2D eigenvalue weighted by atomic mass is 32.2. The summed E-state index contributed by atoms with van der Waals surface area (Å²) in [7, 11) is -4.38. The van der Waals surface area contributed by atoms with Crippen molar-refractivity contribution in [1.82, 2.24) is 4.31 Å². The zero-order chi connectivity index (χ0) is 19.5. The van der Waals surface area contributed by atoms with E-state index in [-0.39, 0.29) is 21.8 Å². The predicted octanol–water partition coefficient (Wildman–Crippen LogP) is 1.56. The van der Waals surface area contributed by atoms with Gasteiger partial charge in [-0.1, -0.05) is 18.2 Å². The molecule has 2 aromatic rings. The molecule has 0 heterocycles. The molecule has 0 aliphatic heterocycles. The Hall–Kier alpha value is -2.43. The molecule has 2 aromatic carbocycles. The third kappa shape index (κ3) is 4.81. The molecule has 10 heteroatoms. The summed E-state index contributed by atoms with van der Waals surface area (Å²) in [4.78, 5) is 12.5. The number of carbonyl (C=O) groups is 1. The molecule has 0 saturated carbocycles. The van der Waals surface area contributed by atoms with Gasteiger partial charge in [0.25, 0.3) is 5.91 Å². The van der Waals surface area contributed by atoms with E-state index >= 15 is 0 Å². The van der Waals surface area contributed by atoms with Crippen molar-refractivity contribution in [2.24, 2.45) is 0 Å². The van der Waals surface area contributed by atoms with E-state index in [4.69, 9.17) is 0 Å². The molecule has 140 valence electrons. The number of amides is 1.